The van der Waals surface area contributed by atoms with Crippen LogP contribution < -0.4 is 4.74 Å². The van der Waals surface area contributed by atoms with Crippen LogP contribution in [0.1, 0.15) is 20.1 Å². The van der Waals surface area contributed by atoms with E-state index < -0.39 is 6.10 Å². The van der Waals surface area contributed by atoms with Crippen LogP contribution in [0, 0.1) is 0 Å². The summed E-state index contributed by atoms with van der Waals surface area (Å²) in [6, 6.07) is 11.2. The van der Waals surface area contributed by atoms with Crippen LogP contribution in [0.15, 0.2) is 36.4 Å². The third-order valence-electron chi connectivity index (χ3n) is 3.39. The van der Waals surface area contributed by atoms with Crippen LogP contribution >= 0.6 is 11.3 Å². The lowest BCUT2D eigenvalue weighted by Gasteiger charge is -2.07. The van der Waals surface area contributed by atoms with Gasteiger partial charge in [-0.05, 0) is 23.8 Å². The van der Waals surface area contributed by atoms with Crippen LogP contribution in [0.2, 0.25) is 0 Å². The van der Waals surface area contributed by atoms with Crippen molar-refractivity contribution in [1.29, 1.82) is 0 Å². The second-order valence-electron chi connectivity index (χ2n) is 4.80. The Kier molecular flexibility index (Phi) is 3.75. The quantitative estimate of drug-likeness (QED) is 0.643. The van der Waals surface area contributed by atoms with Crippen LogP contribution in [0.4, 0.5) is 0 Å². The minimum atomic E-state index is -0.466. The molecule has 0 spiro atoms. The molecule has 108 valence electrons. The highest BCUT2D eigenvalue weighted by Crippen LogP contribution is 2.31. The highest BCUT2D eigenvalue weighted by molar-refractivity contribution is 7.14. The summed E-state index contributed by atoms with van der Waals surface area (Å²) < 4.78 is 10.3. The van der Waals surface area contributed by atoms with E-state index in [1.54, 1.807) is 12.1 Å². The number of ether oxygens (including phenoxy) is 2. The first-order valence-electron chi connectivity index (χ1n) is 6.61. The maximum absolute atomic E-state index is 12.5. The zero-order chi connectivity index (χ0) is 14.8. The number of esters is 1. The van der Waals surface area contributed by atoms with Gasteiger partial charge in [0.05, 0.1) is 18.4 Å². The molecule has 1 unspecified atom stereocenters. The molecular formula is C16H14O4S. The Balaban J connectivity index is 1.71. The Hall–Kier alpha value is -2.14. The van der Waals surface area contributed by atoms with E-state index in [4.69, 9.17) is 4.74 Å². The summed E-state index contributed by atoms with van der Waals surface area (Å²) in [4.78, 5) is 25.1. The Labute approximate surface area is 126 Å². The van der Waals surface area contributed by atoms with E-state index in [0.717, 1.165) is 16.2 Å². The van der Waals surface area contributed by atoms with Crippen LogP contribution in [-0.4, -0.2) is 25.0 Å². The number of hydrogen-bond donors (Lipinski definition) is 0. The zero-order valence-corrected chi connectivity index (χ0v) is 12.3. The second kappa shape index (κ2) is 5.69. The van der Waals surface area contributed by atoms with Crippen molar-refractivity contribution in [2.24, 2.45) is 0 Å². The van der Waals surface area contributed by atoms with E-state index in [9.17, 15) is 9.59 Å². The first-order valence-corrected chi connectivity index (χ1v) is 7.43. The molecule has 1 aromatic carbocycles. The normalized spacial score (nSPS) is 16.1. The number of rotatable bonds is 4. The van der Waals surface area contributed by atoms with Crippen molar-refractivity contribution in [1.82, 2.24) is 0 Å². The fourth-order valence-corrected chi connectivity index (χ4v) is 3.28. The summed E-state index contributed by atoms with van der Waals surface area (Å²) >= 11 is 1.32. The zero-order valence-electron chi connectivity index (χ0n) is 11.5. The second-order valence-corrected chi connectivity index (χ2v) is 5.97. The Morgan fingerprint density at radius 1 is 1.29 bits per heavy atom. The Morgan fingerprint density at radius 2 is 2.10 bits per heavy atom. The van der Waals surface area contributed by atoms with Gasteiger partial charge in [-0.2, -0.15) is 0 Å². The molecule has 2 aromatic rings. The molecule has 0 aliphatic carbocycles. The Bertz CT molecular complexity index is 664. The lowest BCUT2D eigenvalue weighted by molar-refractivity contribution is -0.139. The van der Waals surface area contributed by atoms with Crippen LogP contribution in [0.3, 0.4) is 0 Å². The van der Waals surface area contributed by atoms with E-state index in [1.165, 1.54) is 18.4 Å². The summed E-state index contributed by atoms with van der Waals surface area (Å²) in [5.74, 6) is 0.440. The van der Waals surface area contributed by atoms with Crippen LogP contribution in [-0.2, 0) is 22.4 Å². The van der Waals surface area contributed by atoms with Gasteiger partial charge in [-0.3, -0.25) is 9.59 Å². The third-order valence-corrected chi connectivity index (χ3v) is 4.49. The first kappa shape index (κ1) is 13.8. The topological polar surface area (TPSA) is 52.6 Å². The summed E-state index contributed by atoms with van der Waals surface area (Å²) in [7, 11) is 1.35. The molecule has 1 aliphatic rings. The molecule has 0 bridgehead atoms. The van der Waals surface area contributed by atoms with Gasteiger partial charge in [0, 0.05) is 11.3 Å². The third kappa shape index (κ3) is 2.83. The van der Waals surface area contributed by atoms with E-state index >= 15 is 0 Å². The Morgan fingerprint density at radius 3 is 2.86 bits per heavy atom. The molecule has 4 nitrogen and oxygen atoms in total. The standard InChI is InChI=1S/C16H14O4S/c1-19-15(17)9-11-6-7-14(21-11)16(18)13-8-10-4-2-3-5-12(10)20-13/h2-7,13H,8-9H2,1H3. The van der Waals surface area contributed by atoms with Gasteiger partial charge in [0.15, 0.2) is 6.10 Å². The smallest absolute Gasteiger partial charge is 0.310 e. The monoisotopic (exact) mass is 302 g/mol. The van der Waals surface area contributed by atoms with Gasteiger partial charge in [0.2, 0.25) is 5.78 Å². The number of methoxy groups -OCH3 is 1. The molecule has 0 radical (unpaired) electrons. The van der Waals surface area contributed by atoms with Gasteiger partial charge in [-0.15, -0.1) is 11.3 Å². The molecule has 0 fully saturated rings. The lowest BCUT2D eigenvalue weighted by Crippen LogP contribution is -2.24. The minimum absolute atomic E-state index is 0.0349. The highest BCUT2D eigenvalue weighted by atomic mass is 32.1. The maximum atomic E-state index is 12.5. The van der Waals surface area contributed by atoms with Gasteiger partial charge in [0.1, 0.15) is 5.75 Å². The van der Waals surface area contributed by atoms with Crippen molar-refractivity contribution >= 4 is 23.1 Å². The number of Topliss-reactive ketones (excluding diaryl/α,β-unsaturated/α-hetero) is 1. The summed E-state index contributed by atoms with van der Waals surface area (Å²) in [5.41, 5.74) is 1.06. The van der Waals surface area contributed by atoms with E-state index in [0.29, 0.717) is 11.3 Å². The predicted octanol–water partition coefficient (Wildman–Crippen LogP) is 2.65. The molecule has 5 heteroatoms. The van der Waals surface area contributed by atoms with Gasteiger partial charge in [-0.1, -0.05) is 18.2 Å². The van der Waals surface area contributed by atoms with E-state index in [1.807, 2.05) is 24.3 Å². The minimum Gasteiger partial charge on any atom is -0.482 e. The van der Waals surface area contributed by atoms with Gasteiger partial charge >= 0.3 is 5.97 Å². The van der Waals surface area contributed by atoms with Gasteiger partial charge < -0.3 is 9.47 Å². The highest BCUT2D eigenvalue weighted by Gasteiger charge is 2.30. The molecule has 1 atom stereocenters. The number of hydrogen-bond acceptors (Lipinski definition) is 5. The molecule has 0 saturated heterocycles. The van der Waals surface area contributed by atoms with Crippen molar-refractivity contribution in [2.45, 2.75) is 18.9 Å². The first-order chi connectivity index (χ1) is 10.2. The van der Waals surface area contributed by atoms with Crippen LogP contribution in [0.5, 0.6) is 5.75 Å². The van der Waals surface area contributed by atoms with E-state index in [2.05, 4.69) is 4.74 Å². The number of benzene rings is 1. The molecule has 0 N–H and O–H groups in total. The summed E-state index contributed by atoms with van der Waals surface area (Å²) in [6.07, 6.45) is 0.325. The summed E-state index contributed by atoms with van der Waals surface area (Å²) in [5, 5.41) is 0. The molecule has 1 aromatic heterocycles. The van der Waals surface area contributed by atoms with E-state index in [-0.39, 0.29) is 18.2 Å². The molecule has 0 saturated carbocycles. The predicted molar refractivity (Wildman–Crippen MR) is 78.9 cm³/mol. The molecule has 0 amide bonds. The number of carbonyl (C=O) groups excluding carboxylic acids is 2. The molecule has 1 aliphatic heterocycles. The molecular weight excluding hydrogens is 288 g/mol. The van der Waals surface area contributed by atoms with Crippen LogP contribution in [0.25, 0.3) is 0 Å². The van der Waals surface area contributed by atoms with Gasteiger partial charge in [-0.25, -0.2) is 0 Å². The SMILES string of the molecule is COC(=O)Cc1ccc(C(=O)C2Cc3ccccc3O2)s1. The number of carbonyl (C=O) groups is 2. The lowest BCUT2D eigenvalue weighted by atomic mass is 10.1. The number of ketones is 1. The average molecular weight is 302 g/mol. The fraction of sp³-hybridized carbons (Fsp3) is 0.250. The van der Waals surface area contributed by atoms with Crippen molar-refractivity contribution in [3.05, 3.63) is 51.7 Å². The molecule has 2 heterocycles. The number of thiophene rings is 1. The maximum Gasteiger partial charge on any atom is 0.310 e. The molecule has 21 heavy (non-hydrogen) atoms. The largest absolute Gasteiger partial charge is 0.482 e. The van der Waals surface area contributed by atoms with Gasteiger partial charge in [0.25, 0.3) is 0 Å². The summed E-state index contributed by atoms with van der Waals surface area (Å²) in [6.45, 7) is 0. The number of fused-ring (bicyclic) bond motifs is 1. The van der Waals surface area contributed by atoms with Crippen molar-refractivity contribution < 1.29 is 19.1 Å². The molecule has 3 rings (SSSR count). The number of para-hydroxylation sites is 1. The van der Waals surface area contributed by atoms with Crippen molar-refractivity contribution in [2.75, 3.05) is 7.11 Å². The van der Waals surface area contributed by atoms with Crippen molar-refractivity contribution in [3.63, 3.8) is 0 Å². The fourth-order valence-electron chi connectivity index (χ4n) is 2.31. The van der Waals surface area contributed by atoms with Crippen molar-refractivity contribution in [3.8, 4) is 5.75 Å². The average Bonchev–Trinajstić information content (AvgIpc) is 3.12.